The summed E-state index contributed by atoms with van der Waals surface area (Å²) in [4.78, 5) is 18.7. The summed E-state index contributed by atoms with van der Waals surface area (Å²) in [5.74, 6) is -0.705. The molecule has 2 rings (SSSR count). The third-order valence-electron chi connectivity index (χ3n) is 2.37. The van der Waals surface area contributed by atoms with Crippen molar-refractivity contribution in [3.8, 4) is 0 Å². The maximum atomic E-state index is 10.8. The summed E-state index contributed by atoms with van der Waals surface area (Å²) in [7, 11) is 0. The van der Waals surface area contributed by atoms with E-state index in [-0.39, 0.29) is 11.7 Å². The fourth-order valence-corrected chi connectivity index (χ4v) is 2.26. The van der Waals surface area contributed by atoms with E-state index in [2.05, 4.69) is 26.7 Å². The van der Waals surface area contributed by atoms with Crippen LogP contribution in [0.5, 0.6) is 0 Å². The van der Waals surface area contributed by atoms with Gasteiger partial charge in [0, 0.05) is 12.2 Å². The van der Waals surface area contributed by atoms with E-state index in [1.807, 2.05) is 12.3 Å². The number of nitrogens with one attached hydrogen (secondary N) is 1. The summed E-state index contributed by atoms with van der Waals surface area (Å²) in [6.07, 6.45) is 2.29. The second-order valence-electron chi connectivity index (χ2n) is 3.95. The molecule has 0 bridgehead atoms. The highest BCUT2D eigenvalue weighted by Gasteiger charge is 2.09. The molecule has 0 spiro atoms. The van der Waals surface area contributed by atoms with Gasteiger partial charge in [-0.3, -0.25) is 0 Å². The van der Waals surface area contributed by atoms with E-state index in [0.717, 1.165) is 6.42 Å². The van der Waals surface area contributed by atoms with Gasteiger partial charge in [0.25, 0.3) is 0 Å². The molecule has 2 aromatic rings. The van der Waals surface area contributed by atoms with Crippen LogP contribution in [-0.4, -0.2) is 27.1 Å². The zero-order valence-electron chi connectivity index (χ0n) is 9.83. The molecule has 0 amide bonds. The Morgan fingerprint density at radius 3 is 3.06 bits per heavy atom. The van der Waals surface area contributed by atoms with Gasteiger partial charge in [-0.2, -0.15) is 11.3 Å². The molecule has 0 aliphatic carbocycles. The van der Waals surface area contributed by atoms with Gasteiger partial charge in [-0.1, -0.05) is 0 Å². The second kappa shape index (κ2) is 5.59. The highest BCUT2D eigenvalue weighted by atomic mass is 32.1. The van der Waals surface area contributed by atoms with Gasteiger partial charge >= 0.3 is 5.97 Å². The Hall–Kier alpha value is -1.95. The Labute approximate surface area is 109 Å². The number of nitrogens with zero attached hydrogens (tertiary/aromatic N) is 2. The van der Waals surface area contributed by atoms with Crippen molar-refractivity contribution >= 4 is 23.3 Å². The fraction of sp³-hybridized carbons (Fsp3) is 0.250. The van der Waals surface area contributed by atoms with Gasteiger partial charge < -0.3 is 10.4 Å². The van der Waals surface area contributed by atoms with Crippen molar-refractivity contribution in [2.75, 3.05) is 5.32 Å². The average molecular weight is 263 g/mol. The van der Waals surface area contributed by atoms with Crippen LogP contribution >= 0.6 is 11.3 Å². The quantitative estimate of drug-likeness (QED) is 0.865. The Bertz CT molecular complexity index is 528. The molecule has 6 heteroatoms. The van der Waals surface area contributed by atoms with Crippen molar-refractivity contribution in [3.05, 3.63) is 40.3 Å². The molecular formula is C12H13N3O2S. The SMILES string of the molecule is CC(Cc1ccsc1)Nc1nccc(C(=O)O)n1. The van der Waals surface area contributed by atoms with Crippen LogP contribution in [0.15, 0.2) is 29.1 Å². The van der Waals surface area contributed by atoms with Gasteiger partial charge in [-0.15, -0.1) is 0 Å². The van der Waals surface area contributed by atoms with Crippen LogP contribution in [0.2, 0.25) is 0 Å². The van der Waals surface area contributed by atoms with E-state index >= 15 is 0 Å². The summed E-state index contributed by atoms with van der Waals surface area (Å²) >= 11 is 1.66. The summed E-state index contributed by atoms with van der Waals surface area (Å²) in [5, 5.41) is 16.0. The molecule has 2 heterocycles. The minimum absolute atomic E-state index is 0.00441. The van der Waals surface area contributed by atoms with Crippen LogP contribution < -0.4 is 5.32 Å². The molecule has 94 valence electrons. The second-order valence-corrected chi connectivity index (χ2v) is 4.73. The zero-order valence-corrected chi connectivity index (χ0v) is 10.6. The number of hydrogen-bond donors (Lipinski definition) is 2. The maximum Gasteiger partial charge on any atom is 0.354 e. The van der Waals surface area contributed by atoms with Gasteiger partial charge in [-0.05, 0) is 41.8 Å². The van der Waals surface area contributed by atoms with Gasteiger partial charge in [0.1, 0.15) is 0 Å². The lowest BCUT2D eigenvalue weighted by Crippen LogP contribution is -2.20. The van der Waals surface area contributed by atoms with Crippen LogP contribution in [0.3, 0.4) is 0 Å². The van der Waals surface area contributed by atoms with E-state index in [1.54, 1.807) is 11.3 Å². The molecule has 0 radical (unpaired) electrons. The molecule has 0 aliphatic rings. The topological polar surface area (TPSA) is 75.1 Å². The predicted molar refractivity (Wildman–Crippen MR) is 70.1 cm³/mol. The molecule has 0 saturated carbocycles. The predicted octanol–water partition coefficient (Wildman–Crippen LogP) is 2.28. The van der Waals surface area contributed by atoms with E-state index in [1.165, 1.54) is 17.8 Å². The number of carboxylic acid groups (broad SMARTS) is 1. The van der Waals surface area contributed by atoms with Crippen molar-refractivity contribution in [1.82, 2.24) is 9.97 Å². The largest absolute Gasteiger partial charge is 0.477 e. The molecule has 0 fully saturated rings. The van der Waals surface area contributed by atoms with Crippen molar-refractivity contribution in [3.63, 3.8) is 0 Å². The van der Waals surface area contributed by atoms with Crippen molar-refractivity contribution in [1.29, 1.82) is 0 Å². The van der Waals surface area contributed by atoms with Crippen LogP contribution in [0, 0.1) is 0 Å². The molecule has 2 aromatic heterocycles. The summed E-state index contributed by atoms with van der Waals surface area (Å²) < 4.78 is 0. The third kappa shape index (κ3) is 3.27. The molecule has 5 nitrogen and oxygen atoms in total. The third-order valence-corrected chi connectivity index (χ3v) is 3.10. The highest BCUT2D eigenvalue weighted by molar-refractivity contribution is 7.07. The Morgan fingerprint density at radius 1 is 1.56 bits per heavy atom. The van der Waals surface area contributed by atoms with Crippen LogP contribution in [0.1, 0.15) is 23.0 Å². The Balaban J connectivity index is 2.00. The standard InChI is InChI=1S/C12H13N3O2S/c1-8(6-9-3-5-18-7-9)14-12-13-4-2-10(15-12)11(16)17/h2-5,7-8H,6H2,1H3,(H,16,17)(H,13,14,15). The first-order chi connectivity index (χ1) is 8.65. The first-order valence-electron chi connectivity index (χ1n) is 5.49. The minimum atomic E-state index is -1.05. The fourth-order valence-electron chi connectivity index (χ4n) is 1.58. The van der Waals surface area contributed by atoms with Crippen LogP contribution in [-0.2, 0) is 6.42 Å². The number of carbonyl (C=O) groups is 1. The number of anilines is 1. The number of aromatic carboxylic acids is 1. The average Bonchev–Trinajstić information content (AvgIpc) is 2.82. The molecule has 0 aromatic carbocycles. The number of aromatic nitrogens is 2. The van der Waals surface area contributed by atoms with Crippen LogP contribution in [0.25, 0.3) is 0 Å². The monoisotopic (exact) mass is 263 g/mol. The lowest BCUT2D eigenvalue weighted by Gasteiger charge is -2.12. The molecule has 1 atom stereocenters. The van der Waals surface area contributed by atoms with E-state index in [9.17, 15) is 4.79 Å². The maximum absolute atomic E-state index is 10.8. The van der Waals surface area contributed by atoms with Crippen molar-refractivity contribution in [2.45, 2.75) is 19.4 Å². The first kappa shape index (κ1) is 12.5. The van der Waals surface area contributed by atoms with Gasteiger partial charge in [0.15, 0.2) is 5.69 Å². The number of thiophene rings is 1. The molecule has 1 unspecified atom stereocenters. The lowest BCUT2D eigenvalue weighted by atomic mass is 10.1. The van der Waals surface area contributed by atoms with E-state index in [0.29, 0.717) is 5.95 Å². The Kier molecular flexibility index (Phi) is 3.88. The normalized spacial score (nSPS) is 12.1. The summed E-state index contributed by atoms with van der Waals surface area (Å²) in [5.41, 5.74) is 1.24. The molecule has 0 aliphatic heterocycles. The number of hydrogen-bond acceptors (Lipinski definition) is 5. The Morgan fingerprint density at radius 2 is 2.39 bits per heavy atom. The van der Waals surface area contributed by atoms with Crippen molar-refractivity contribution < 1.29 is 9.90 Å². The van der Waals surface area contributed by atoms with E-state index in [4.69, 9.17) is 5.11 Å². The highest BCUT2D eigenvalue weighted by Crippen LogP contribution is 2.11. The zero-order chi connectivity index (χ0) is 13.0. The van der Waals surface area contributed by atoms with Crippen molar-refractivity contribution in [2.24, 2.45) is 0 Å². The molecule has 0 saturated heterocycles. The smallest absolute Gasteiger partial charge is 0.354 e. The number of carboxylic acids is 1. The summed E-state index contributed by atoms with van der Waals surface area (Å²) in [6.45, 7) is 2.01. The van der Waals surface area contributed by atoms with Gasteiger partial charge in [0.05, 0.1) is 0 Å². The van der Waals surface area contributed by atoms with Crippen LogP contribution in [0.4, 0.5) is 5.95 Å². The molecular weight excluding hydrogens is 250 g/mol. The first-order valence-corrected chi connectivity index (χ1v) is 6.43. The number of rotatable bonds is 5. The van der Waals surface area contributed by atoms with Gasteiger partial charge in [-0.25, -0.2) is 14.8 Å². The lowest BCUT2D eigenvalue weighted by molar-refractivity contribution is 0.0690. The minimum Gasteiger partial charge on any atom is -0.477 e. The molecule has 18 heavy (non-hydrogen) atoms. The summed E-state index contributed by atoms with van der Waals surface area (Å²) in [6, 6.07) is 3.58. The molecule has 2 N–H and O–H groups in total. The van der Waals surface area contributed by atoms with Gasteiger partial charge in [0.2, 0.25) is 5.95 Å². The van der Waals surface area contributed by atoms with E-state index < -0.39 is 5.97 Å².